The second-order valence-electron chi connectivity index (χ2n) is 2.53. The quantitative estimate of drug-likeness (QED) is 0.653. The lowest BCUT2D eigenvalue weighted by molar-refractivity contribution is -0.0474. The summed E-state index contributed by atoms with van der Waals surface area (Å²) in [4.78, 5) is 0. The normalized spacial score (nSPS) is 12.6. The molecule has 0 amide bonds. The fraction of sp³-hybridized carbons (Fsp3) is 1.00. The van der Waals surface area contributed by atoms with Gasteiger partial charge in [-0.1, -0.05) is 13.8 Å². The maximum Gasteiger partial charge on any atom is 0.246 e. The molecule has 0 heterocycles. The van der Waals surface area contributed by atoms with E-state index in [4.69, 9.17) is 5.11 Å². The topological polar surface area (TPSA) is 20.2 Å². The van der Waals surface area contributed by atoms with Crippen LogP contribution in [0.4, 0.5) is 8.78 Å². The summed E-state index contributed by atoms with van der Waals surface area (Å²) in [5, 5.41) is 8.67. The average molecular weight is 152 g/mol. The van der Waals surface area contributed by atoms with E-state index in [-0.39, 0.29) is 0 Å². The Hall–Kier alpha value is -0.180. The van der Waals surface area contributed by atoms with Gasteiger partial charge in [0.15, 0.2) is 0 Å². The van der Waals surface area contributed by atoms with Crippen molar-refractivity contribution in [2.75, 3.05) is 6.61 Å². The molecule has 62 valence electrons. The molecule has 0 unspecified atom stereocenters. The van der Waals surface area contributed by atoms with Gasteiger partial charge >= 0.3 is 0 Å². The minimum Gasteiger partial charge on any atom is -0.396 e. The number of halogens is 2. The molecule has 0 rings (SSSR count). The van der Waals surface area contributed by atoms with Crippen LogP contribution in [-0.4, -0.2) is 18.1 Å². The van der Waals surface area contributed by atoms with Crippen LogP contribution in [0, 0.1) is 5.41 Å². The van der Waals surface area contributed by atoms with Crippen LogP contribution >= 0.6 is 0 Å². The summed E-state index contributed by atoms with van der Waals surface area (Å²) in [5.41, 5.74) is -1.15. The molecule has 0 fully saturated rings. The largest absolute Gasteiger partial charge is 0.396 e. The Morgan fingerprint density at radius 1 is 1.30 bits per heavy atom. The Balaban J connectivity index is 4.15. The predicted octanol–water partition coefficient (Wildman–Crippen LogP) is 2.05. The zero-order valence-corrected chi connectivity index (χ0v) is 6.40. The van der Waals surface area contributed by atoms with Crippen LogP contribution < -0.4 is 0 Å². The lowest BCUT2D eigenvalue weighted by atomic mass is 9.84. The van der Waals surface area contributed by atoms with E-state index in [0.717, 1.165) is 0 Å². The molecule has 3 heteroatoms. The zero-order valence-electron chi connectivity index (χ0n) is 6.40. The zero-order chi connectivity index (χ0) is 8.20. The summed E-state index contributed by atoms with van der Waals surface area (Å²) in [7, 11) is 0. The highest BCUT2D eigenvalue weighted by atomic mass is 19.3. The number of alkyl halides is 2. The van der Waals surface area contributed by atoms with Crippen molar-refractivity contribution in [2.45, 2.75) is 33.1 Å². The van der Waals surface area contributed by atoms with Crippen LogP contribution in [0.1, 0.15) is 26.7 Å². The van der Waals surface area contributed by atoms with Gasteiger partial charge in [0.25, 0.3) is 0 Å². The minimum absolute atomic E-state index is 0.331. The average Bonchev–Trinajstić information content (AvgIpc) is 1.92. The maximum absolute atomic E-state index is 12.2. The Bertz CT molecular complexity index is 81.3. The SMILES string of the molecule is CCC(CC)(CO)C(F)F. The summed E-state index contributed by atoms with van der Waals surface area (Å²) in [5.74, 6) is 0. The Morgan fingerprint density at radius 3 is 1.70 bits per heavy atom. The molecule has 0 aromatic rings. The molecule has 0 aromatic heterocycles. The van der Waals surface area contributed by atoms with Gasteiger partial charge < -0.3 is 5.11 Å². The first-order chi connectivity index (χ1) is 4.63. The fourth-order valence-corrected chi connectivity index (χ4v) is 0.851. The smallest absolute Gasteiger partial charge is 0.246 e. The van der Waals surface area contributed by atoms with Gasteiger partial charge in [0.05, 0.1) is 12.0 Å². The van der Waals surface area contributed by atoms with Crippen LogP contribution in [0.5, 0.6) is 0 Å². The van der Waals surface area contributed by atoms with Crippen LogP contribution in [0.15, 0.2) is 0 Å². The first kappa shape index (κ1) is 9.82. The Labute approximate surface area is 60.1 Å². The van der Waals surface area contributed by atoms with Crippen LogP contribution in [0.2, 0.25) is 0 Å². The predicted molar refractivity (Wildman–Crippen MR) is 36.1 cm³/mol. The van der Waals surface area contributed by atoms with Crippen LogP contribution in [-0.2, 0) is 0 Å². The number of aliphatic hydroxyl groups excluding tert-OH is 1. The molecule has 0 aliphatic carbocycles. The van der Waals surface area contributed by atoms with E-state index in [9.17, 15) is 8.78 Å². The van der Waals surface area contributed by atoms with Crippen molar-refractivity contribution in [3.63, 3.8) is 0 Å². The molecule has 0 atom stereocenters. The van der Waals surface area contributed by atoms with Gasteiger partial charge in [-0.05, 0) is 12.8 Å². The van der Waals surface area contributed by atoms with Crippen molar-refractivity contribution in [2.24, 2.45) is 5.41 Å². The Kier molecular flexibility index (Phi) is 3.79. The van der Waals surface area contributed by atoms with Gasteiger partial charge in [0.1, 0.15) is 0 Å². The third-order valence-corrected chi connectivity index (χ3v) is 2.19. The van der Waals surface area contributed by atoms with E-state index in [0.29, 0.717) is 12.8 Å². The molecule has 10 heavy (non-hydrogen) atoms. The van der Waals surface area contributed by atoms with E-state index < -0.39 is 18.4 Å². The molecule has 1 N–H and O–H groups in total. The maximum atomic E-state index is 12.2. The molecule has 0 saturated carbocycles. The summed E-state index contributed by atoms with van der Waals surface area (Å²) < 4.78 is 24.4. The molecule has 0 spiro atoms. The highest BCUT2D eigenvalue weighted by Gasteiger charge is 2.35. The highest BCUT2D eigenvalue weighted by molar-refractivity contribution is 4.77. The second kappa shape index (κ2) is 3.86. The van der Waals surface area contributed by atoms with Gasteiger partial charge in [-0.3, -0.25) is 0 Å². The molecule has 0 saturated heterocycles. The summed E-state index contributed by atoms with van der Waals surface area (Å²) in [6, 6.07) is 0. The summed E-state index contributed by atoms with van der Waals surface area (Å²) in [6.07, 6.45) is -1.75. The van der Waals surface area contributed by atoms with Crippen molar-refractivity contribution in [3.8, 4) is 0 Å². The molecular weight excluding hydrogens is 138 g/mol. The first-order valence-electron chi connectivity index (χ1n) is 3.52. The van der Waals surface area contributed by atoms with Gasteiger partial charge in [-0.15, -0.1) is 0 Å². The molecule has 1 nitrogen and oxygen atoms in total. The third kappa shape index (κ3) is 1.66. The van der Waals surface area contributed by atoms with E-state index in [1.54, 1.807) is 13.8 Å². The van der Waals surface area contributed by atoms with E-state index in [2.05, 4.69) is 0 Å². The molecule has 0 radical (unpaired) electrons. The third-order valence-electron chi connectivity index (χ3n) is 2.19. The van der Waals surface area contributed by atoms with Crippen LogP contribution in [0.3, 0.4) is 0 Å². The molecule has 0 aromatic carbocycles. The molecule has 0 aliphatic rings. The van der Waals surface area contributed by atoms with Crippen LogP contribution in [0.25, 0.3) is 0 Å². The number of hydrogen-bond donors (Lipinski definition) is 1. The van der Waals surface area contributed by atoms with Crippen molar-refractivity contribution in [1.29, 1.82) is 0 Å². The van der Waals surface area contributed by atoms with Crippen molar-refractivity contribution < 1.29 is 13.9 Å². The molecule has 0 bridgehead atoms. The first-order valence-corrected chi connectivity index (χ1v) is 3.52. The van der Waals surface area contributed by atoms with Crippen molar-refractivity contribution >= 4 is 0 Å². The minimum atomic E-state index is -2.41. The highest BCUT2D eigenvalue weighted by Crippen LogP contribution is 2.32. The van der Waals surface area contributed by atoms with Gasteiger partial charge in [0.2, 0.25) is 6.43 Å². The number of rotatable bonds is 4. The summed E-state index contributed by atoms with van der Waals surface area (Å²) >= 11 is 0. The lowest BCUT2D eigenvalue weighted by Crippen LogP contribution is -2.31. The van der Waals surface area contributed by atoms with Crippen molar-refractivity contribution in [1.82, 2.24) is 0 Å². The monoisotopic (exact) mass is 152 g/mol. The number of aliphatic hydroxyl groups is 1. The standard InChI is InChI=1S/C7H14F2O/c1-3-7(4-2,5-10)6(8)9/h6,10H,3-5H2,1-2H3. The van der Waals surface area contributed by atoms with E-state index in [1.807, 2.05) is 0 Å². The van der Waals surface area contributed by atoms with Gasteiger partial charge in [0, 0.05) is 0 Å². The van der Waals surface area contributed by atoms with Gasteiger partial charge in [-0.25, -0.2) is 8.78 Å². The van der Waals surface area contributed by atoms with E-state index in [1.165, 1.54) is 0 Å². The fourth-order valence-electron chi connectivity index (χ4n) is 0.851. The summed E-state index contributed by atoms with van der Waals surface area (Å²) in [6.45, 7) is 2.93. The lowest BCUT2D eigenvalue weighted by Gasteiger charge is -2.27. The Morgan fingerprint density at radius 2 is 1.70 bits per heavy atom. The number of hydrogen-bond acceptors (Lipinski definition) is 1. The second-order valence-corrected chi connectivity index (χ2v) is 2.53. The van der Waals surface area contributed by atoms with E-state index >= 15 is 0 Å². The van der Waals surface area contributed by atoms with Crippen molar-refractivity contribution in [3.05, 3.63) is 0 Å². The molecular formula is C7H14F2O. The van der Waals surface area contributed by atoms with Gasteiger partial charge in [-0.2, -0.15) is 0 Å². The molecule has 0 aliphatic heterocycles.